The molecule has 0 fully saturated rings. The smallest absolute Gasteiger partial charge is 0.224 e. The molecule has 1 N–H and O–H groups in total. The number of amides is 1. The maximum absolute atomic E-state index is 12.5. The minimum absolute atomic E-state index is 0.0856. The summed E-state index contributed by atoms with van der Waals surface area (Å²) in [7, 11) is 1.56. The molecule has 3 rings (SSSR count). The first-order chi connectivity index (χ1) is 9.52. The number of benzene rings is 1. The van der Waals surface area contributed by atoms with E-state index in [-0.39, 0.29) is 17.9 Å². The summed E-state index contributed by atoms with van der Waals surface area (Å²) in [5.41, 5.74) is 2.38. The summed E-state index contributed by atoms with van der Waals surface area (Å²) < 4.78 is 5.14. The predicted octanol–water partition coefficient (Wildman–Crippen LogP) is 1.87. The van der Waals surface area contributed by atoms with E-state index in [1.165, 1.54) is 11.8 Å². The number of ether oxygens (including phenoxy) is 1. The minimum atomic E-state index is -0.124. The molecule has 1 amide bonds. The first-order valence-corrected chi connectivity index (χ1v) is 6.23. The number of nitrogens with zero attached hydrogens (tertiary/aromatic N) is 1. The second-order valence-electron chi connectivity index (χ2n) is 4.77. The average molecular weight is 270 g/mol. The van der Waals surface area contributed by atoms with Crippen LogP contribution in [-0.2, 0) is 11.3 Å². The topological polar surface area (TPSA) is 62.4 Å². The number of carbonyl (C=O) groups is 1. The third-order valence-electron chi connectivity index (χ3n) is 3.62. The van der Waals surface area contributed by atoms with E-state index in [4.69, 9.17) is 4.74 Å². The molecule has 0 atom stereocenters. The second-order valence-corrected chi connectivity index (χ2v) is 4.77. The molecule has 2 aromatic rings. The highest BCUT2D eigenvalue weighted by atomic mass is 16.5. The van der Waals surface area contributed by atoms with Crippen LogP contribution in [0.3, 0.4) is 0 Å². The lowest BCUT2D eigenvalue weighted by Crippen LogP contribution is -2.21. The number of methoxy groups -OCH3 is 1. The quantitative estimate of drug-likeness (QED) is 0.860. The molecular weight excluding hydrogens is 256 g/mol. The summed E-state index contributed by atoms with van der Waals surface area (Å²) in [5, 5.41) is 0.557. The Bertz CT molecular complexity index is 805. The summed E-state index contributed by atoms with van der Waals surface area (Å²) in [6.07, 6.45) is 0. The van der Waals surface area contributed by atoms with Gasteiger partial charge in [0.05, 0.1) is 30.6 Å². The Labute approximate surface area is 115 Å². The van der Waals surface area contributed by atoms with E-state index >= 15 is 0 Å². The number of carbonyl (C=O) groups excluding carboxylic acids is 1. The highest BCUT2D eigenvalue weighted by Gasteiger charge is 2.28. The van der Waals surface area contributed by atoms with E-state index < -0.39 is 0 Å². The Morgan fingerprint density at radius 3 is 2.85 bits per heavy atom. The SMILES string of the molecule is C=C1c2[nH]c3ccc(OC)cc3c(=O)c2CN1C(C)=O. The maximum atomic E-state index is 12.5. The number of nitrogens with one attached hydrogen (secondary N) is 1. The van der Waals surface area contributed by atoms with E-state index in [0.29, 0.717) is 33.6 Å². The number of hydrogen-bond acceptors (Lipinski definition) is 3. The van der Waals surface area contributed by atoms with Gasteiger partial charge in [0.1, 0.15) is 5.75 Å². The van der Waals surface area contributed by atoms with E-state index in [9.17, 15) is 9.59 Å². The standard InChI is InChI=1S/C15H14N2O3/c1-8-14-12(7-17(8)9(2)18)15(19)11-6-10(20-3)4-5-13(11)16-14/h4-6H,1,7H2,2-3H3,(H,16,19). The van der Waals surface area contributed by atoms with Gasteiger partial charge in [-0.25, -0.2) is 0 Å². The largest absolute Gasteiger partial charge is 0.497 e. The fraction of sp³-hybridized carbons (Fsp3) is 0.200. The number of hydrogen-bond donors (Lipinski definition) is 1. The Morgan fingerprint density at radius 1 is 1.45 bits per heavy atom. The van der Waals surface area contributed by atoms with Gasteiger partial charge in [0.15, 0.2) is 5.43 Å². The third-order valence-corrected chi connectivity index (χ3v) is 3.62. The highest BCUT2D eigenvalue weighted by molar-refractivity contribution is 5.90. The van der Waals surface area contributed by atoms with Crippen molar-refractivity contribution in [3.8, 4) is 5.75 Å². The van der Waals surface area contributed by atoms with Crippen molar-refractivity contribution in [2.45, 2.75) is 13.5 Å². The first kappa shape index (κ1) is 12.5. The van der Waals surface area contributed by atoms with Gasteiger partial charge in [0, 0.05) is 17.9 Å². The van der Waals surface area contributed by atoms with Gasteiger partial charge in [-0.1, -0.05) is 6.58 Å². The van der Waals surface area contributed by atoms with Gasteiger partial charge in [0.2, 0.25) is 5.91 Å². The number of pyridine rings is 1. The summed E-state index contributed by atoms with van der Waals surface area (Å²) >= 11 is 0. The average Bonchev–Trinajstić information content (AvgIpc) is 2.77. The van der Waals surface area contributed by atoms with Crippen LogP contribution in [0, 0.1) is 0 Å². The molecule has 102 valence electrons. The summed E-state index contributed by atoms with van der Waals surface area (Å²) in [5.74, 6) is 0.504. The fourth-order valence-corrected chi connectivity index (χ4v) is 2.52. The lowest BCUT2D eigenvalue weighted by Gasteiger charge is -2.13. The molecule has 1 aromatic heterocycles. The lowest BCUT2D eigenvalue weighted by molar-refractivity contribution is -0.125. The van der Waals surface area contributed by atoms with Crippen LogP contribution in [-0.4, -0.2) is 22.9 Å². The first-order valence-electron chi connectivity index (χ1n) is 6.23. The van der Waals surface area contributed by atoms with Gasteiger partial charge in [-0.05, 0) is 18.2 Å². The molecule has 0 radical (unpaired) electrons. The van der Waals surface area contributed by atoms with E-state index in [1.807, 2.05) is 0 Å². The van der Waals surface area contributed by atoms with Crippen molar-refractivity contribution in [1.82, 2.24) is 9.88 Å². The molecule has 1 aliphatic heterocycles. The number of aromatic amines is 1. The summed E-state index contributed by atoms with van der Waals surface area (Å²) in [6.45, 7) is 5.62. The predicted molar refractivity (Wildman–Crippen MR) is 76.4 cm³/mol. The molecule has 0 saturated heterocycles. The van der Waals surface area contributed by atoms with Crippen LogP contribution in [0.2, 0.25) is 0 Å². The molecule has 5 nitrogen and oxygen atoms in total. The zero-order chi connectivity index (χ0) is 14.4. The number of rotatable bonds is 1. The van der Waals surface area contributed by atoms with Gasteiger partial charge in [-0.3, -0.25) is 9.59 Å². The second kappa shape index (κ2) is 4.23. The molecular formula is C15H14N2O3. The van der Waals surface area contributed by atoms with E-state index in [1.54, 1.807) is 25.3 Å². The monoisotopic (exact) mass is 270 g/mol. The van der Waals surface area contributed by atoms with Crippen LogP contribution >= 0.6 is 0 Å². The normalized spacial score (nSPS) is 13.7. The number of H-pyrrole nitrogens is 1. The van der Waals surface area contributed by atoms with Gasteiger partial charge in [-0.15, -0.1) is 0 Å². The fourth-order valence-electron chi connectivity index (χ4n) is 2.52. The molecule has 1 aliphatic rings. The molecule has 5 heteroatoms. The Hall–Kier alpha value is -2.56. The maximum Gasteiger partial charge on any atom is 0.224 e. The van der Waals surface area contributed by atoms with Crippen molar-refractivity contribution >= 4 is 22.5 Å². The van der Waals surface area contributed by atoms with Crippen LogP contribution < -0.4 is 10.2 Å². The Morgan fingerprint density at radius 2 is 2.20 bits per heavy atom. The highest BCUT2D eigenvalue weighted by Crippen LogP contribution is 2.30. The molecule has 0 unspecified atom stereocenters. The van der Waals surface area contributed by atoms with Gasteiger partial charge in [-0.2, -0.15) is 0 Å². The minimum Gasteiger partial charge on any atom is -0.497 e. The zero-order valence-corrected chi connectivity index (χ0v) is 11.3. The molecule has 1 aromatic carbocycles. The van der Waals surface area contributed by atoms with Gasteiger partial charge < -0.3 is 14.6 Å². The molecule has 0 saturated carbocycles. The van der Waals surface area contributed by atoms with Crippen molar-refractivity contribution in [3.63, 3.8) is 0 Å². The van der Waals surface area contributed by atoms with E-state index in [0.717, 1.165) is 0 Å². The summed E-state index contributed by atoms with van der Waals surface area (Å²) in [4.78, 5) is 28.8. The molecule has 20 heavy (non-hydrogen) atoms. The van der Waals surface area contributed by atoms with Crippen molar-refractivity contribution in [2.75, 3.05) is 7.11 Å². The molecule has 0 spiro atoms. The van der Waals surface area contributed by atoms with Gasteiger partial charge in [0.25, 0.3) is 0 Å². The van der Waals surface area contributed by atoms with Crippen LogP contribution in [0.1, 0.15) is 18.2 Å². The van der Waals surface area contributed by atoms with Crippen LogP contribution in [0.25, 0.3) is 16.6 Å². The molecule has 0 bridgehead atoms. The van der Waals surface area contributed by atoms with Crippen LogP contribution in [0.5, 0.6) is 5.75 Å². The van der Waals surface area contributed by atoms with E-state index in [2.05, 4.69) is 11.6 Å². The van der Waals surface area contributed by atoms with Crippen molar-refractivity contribution < 1.29 is 9.53 Å². The number of aromatic nitrogens is 1. The van der Waals surface area contributed by atoms with Crippen LogP contribution in [0.4, 0.5) is 0 Å². The van der Waals surface area contributed by atoms with Gasteiger partial charge >= 0.3 is 0 Å². The lowest BCUT2D eigenvalue weighted by atomic mass is 10.1. The molecule has 0 aliphatic carbocycles. The third kappa shape index (κ3) is 1.63. The number of fused-ring (bicyclic) bond motifs is 2. The van der Waals surface area contributed by atoms with Crippen molar-refractivity contribution in [2.24, 2.45) is 0 Å². The summed E-state index contributed by atoms with van der Waals surface area (Å²) in [6, 6.07) is 5.28. The zero-order valence-electron chi connectivity index (χ0n) is 11.3. The Balaban J connectivity index is 2.28. The molecule has 2 heterocycles. The van der Waals surface area contributed by atoms with Crippen molar-refractivity contribution in [1.29, 1.82) is 0 Å². The van der Waals surface area contributed by atoms with Crippen LogP contribution in [0.15, 0.2) is 29.6 Å². The Kier molecular flexibility index (Phi) is 2.64. The van der Waals surface area contributed by atoms with Crippen molar-refractivity contribution in [3.05, 3.63) is 46.3 Å².